The maximum absolute atomic E-state index is 9.03. The van der Waals surface area contributed by atoms with Gasteiger partial charge >= 0.3 is 224 Å². The van der Waals surface area contributed by atoms with Gasteiger partial charge in [0.2, 0.25) is 0 Å². The summed E-state index contributed by atoms with van der Waals surface area (Å²) in [6.45, 7) is 25.9. The van der Waals surface area contributed by atoms with Crippen LogP contribution in [0.4, 0.5) is 0 Å². The molecule has 0 amide bonds. The number of benzene rings is 5. The summed E-state index contributed by atoms with van der Waals surface area (Å²) in [5, 5.41) is 59.1. The number of ether oxygens (including phenoxy) is 1. The summed E-state index contributed by atoms with van der Waals surface area (Å²) in [5.74, 6) is 2.42. The number of azo groups is 1. The molecule has 4 saturated heterocycles. The van der Waals surface area contributed by atoms with Crippen LogP contribution < -0.4 is 246 Å². The second-order valence-corrected chi connectivity index (χ2v) is 26.1. The number of likely N-dealkylation sites (tertiary alicyclic amines) is 3. The van der Waals surface area contributed by atoms with Crippen molar-refractivity contribution in [1.82, 2.24) is 24.0 Å². The summed E-state index contributed by atoms with van der Waals surface area (Å²) in [5.41, 5.74) is 18.3. The molecule has 5 aromatic rings. The number of nitrogens with zero attached hydrogens (tertiary/aromatic N) is 12. The van der Waals surface area contributed by atoms with Crippen LogP contribution in [0.1, 0.15) is 105 Å². The van der Waals surface area contributed by atoms with Gasteiger partial charge in [0.1, 0.15) is 11.5 Å². The summed E-state index contributed by atoms with van der Waals surface area (Å²) in [7, 11) is 0. The molecule has 5 aromatic carbocycles. The van der Waals surface area contributed by atoms with Gasteiger partial charge in [0.15, 0.2) is 17.4 Å². The molecule has 0 aliphatic carbocycles. The molecule has 0 saturated carbocycles. The average Bonchev–Trinajstić information content (AvgIpc) is 1.33. The number of alkyl halides is 5. The Hall–Kier alpha value is 1.30. The van der Waals surface area contributed by atoms with Crippen molar-refractivity contribution in [2.75, 3.05) is 135 Å². The van der Waals surface area contributed by atoms with Crippen LogP contribution in [0.2, 0.25) is 0 Å². The second-order valence-electron chi connectivity index (χ2n) is 23.5. The molecule has 21 nitrogen and oxygen atoms in total. The van der Waals surface area contributed by atoms with Crippen molar-refractivity contribution in [3.05, 3.63) is 191 Å². The molecule has 33 heteroatoms. The van der Waals surface area contributed by atoms with Crippen molar-refractivity contribution >= 4 is 104 Å². The van der Waals surface area contributed by atoms with E-state index >= 15 is 0 Å². The van der Waals surface area contributed by atoms with E-state index in [0.29, 0.717) is 54.9 Å². The standard InChI is InChI=1S/C14H19N3.C14H23N3.C14H15N3.C11H15Cl2N.C7H7Br.C4H8Cl3N.C4H8O.C3H2N2.C2H3N.2CH2O3.2CH4.Al.4K.Li.6H/c1-2-4-13(5-3-1)10-17-8-6-14(7-9-17)11-15-16-12-14;2*15-11-14(12-16)6-8-17(9-7-14)10-13-4-2-1-3-5-13;12-6-8-14(9-7-13)10-11-4-2-1-3-5-11;8-6-7-4-2-1-3-5-7;5-1-3-8(7)4-2-6;1-2-4-5-3-1;1-5-3-2-4;1-2-3;2*2-1-4-3;;;;;;;;;;;;;;/h1-5H,6-12H2;1-5H,6-12,15-16H2;1-5H,6-10H2;1-5H,6-10H2;1-5H,6H2;1-4H2;1-4H2;3H2;1H3;2*1,3H;2*1H4;;;;;;;;;;;;/q;;;;;;;;;;;;;;5*+1;;;;3*-1/p-2. The normalized spacial score (nSPS) is 14.3. The van der Waals surface area contributed by atoms with Gasteiger partial charge in [-0.25, -0.2) is 11.0 Å². The Morgan fingerprint density at radius 2 is 0.882 bits per heavy atom. The molecule has 0 bridgehead atoms. The van der Waals surface area contributed by atoms with Gasteiger partial charge in [0.25, 0.3) is 19.5 Å². The Balaban J connectivity index is -0.000000102. The zero-order valence-corrected chi connectivity index (χ0v) is 81.6. The quantitative estimate of drug-likeness (QED) is 0.0115. The van der Waals surface area contributed by atoms with Gasteiger partial charge in [-0.15, -0.1) is 46.4 Å². The summed E-state index contributed by atoms with van der Waals surface area (Å²) in [4.78, 5) is 34.9. The summed E-state index contributed by atoms with van der Waals surface area (Å²) < 4.78 is 6.51. The van der Waals surface area contributed by atoms with Gasteiger partial charge < -0.3 is 45.6 Å². The predicted octanol–water partition coefficient (Wildman–Crippen LogP) is -2.22. The van der Waals surface area contributed by atoms with Gasteiger partial charge in [0, 0.05) is 120 Å². The van der Waals surface area contributed by atoms with E-state index in [4.69, 9.17) is 122 Å². The number of hydrogen-bond acceptors (Lipinski definition) is 20. The van der Waals surface area contributed by atoms with E-state index in [2.05, 4.69) is 182 Å². The van der Waals surface area contributed by atoms with Crippen molar-refractivity contribution in [1.29, 1.82) is 21.0 Å². The molecule has 586 valence electrons. The number of nitriles is 4. The molecular formula is C77H116AlBrCl5K4LiN14O7. The third-order valence-electron chi connectivity index (χ3n) is 16.3. The summed E-state index contributed by atoms with van der Waals surface area (Å²) in [6, 6.07) is 60.1. The van der Waals surface area contributed by atoms with Crippen LogP contribution >= 0.6 is 74.1 Å². The number of nitrogens with two attached hydrogens (primary N) is 2. The monoisotopic (exact) mass is 1790 g/mol. The van der Waals surface area contributed by atoms with Gasteiger partial charge in [-0.05, 0) is 136 Å². The fraction of sp³-hybridized carbons (Fsp3) is 0.519. The van der Waals surface area contributed by atoms with Crippen LogP contribution in [0.3, 0.4) is 0 Å². The zero-order valence-electron chi connectivity index (χ0n) is 66.8. The Labute approximate surface area is 890 Å². The summed E-state index contributed by atoms with van der Waals surface area (Å²) >= 11 is 31.1. The number of carbonyl (C=O) groups excluding carboxylic acids is 2. The van der Waals surface area contributed by atoms with E-state index in [1.54, 1.807) is 16.6 Å². The third-order valence-corrected chi connectivity index (χ3v) is 17.9. The maximum atomic E-state index is 9.03. The van der Waals surface area contributed by atoms with E-state index < -0.39 is 5.41 Å². The molecule has 110 heavy (non-hydrogen) atoms. The Kier molecular flexibility index (Phi) is 107. The van der Waals surface area contributed by atoms with E-state index in [1.165, 1.54) is 73.5 Å². The molecule has 5 heterocycles. The fourth-order valence-electron chi connectivity index (χ4n) is 10.3. The number of piperidine rings is 3. The first-order valence-corrected chi connectivity index (χ1v) is 37.2. The van der Waals surface area contributed by atoms with Crippen LogP contribution in [-0.4, -0.2) is 189 Å². The second kappa shape index (κ2) is 91.0. The topological polar surface area (TPSA) is 300 Å². The van der Waals surface area contributed by atoms with Crippen molar-refractivity contribution in [3.63, 3.8) is 0 Å². The molecule has 1 spiro atoms. The first kappa shape index (κ1) is 129. The molecule has 5 aliphatic rings. The van der Waals surface area contributed by atoms with Crippen LogP contribution in [0.15, 0.2) is 162 Å². The molecule has 10 rings (SSSR count). The Morgan fingerprint density at radius 1 is 0.582 bits per heavy atom. The maximum Gasteiger partial charge on any atom is 1.00 e. The summed E-state index contributed by atoms with van der Waals surface area (Å²) in [6.07, 6.45) is 8.65. The molecule has 5 aliphatic heterocycles. The van der Waals surface area contributed by atoms with Gasteiger partial charge in [-0.1, -0.05) is 182 Å². The minimum Gasteiger partial charge on any atom is -1.00 e. The van der Waals surface area contributed by atoms with Crippen molar-refractivity contribution in [3.8, 4) is 24.3 Å². The smallest absolute Gasteiger partial charge is 1.00 e. The van der Waals surface area contributed by atoms with Crippen LogP contribution in [-0.2, 0) is 55.6 Å². The number of hydrogen-bond donors (Lipinski definition) is 2. The minimum atomic E-state index is -0.743. The largest absolute Gasteiger partial charge is 1.00 e. The molecule has 4 N–H and O–H groups in total. The Morgan fingerprint density at radius 3 is 1.12 bits per heavy atom. The third kappa shape index (κ3) is 68.0. The molecule has 4 fully saturated rings. The van der Waals surface area contributed by atoms with Crippen LogP contribution in [0.5, 0.6) is 0 Å². The van der Waals surface area contributed by atoms with E-state index in [-0.39, 0.29) is 286 Å². The van der Waals surface area contributed by atoms with E-state index in [0.717, 1.165) is 123 Å². The van der Waals surface area contributed by atoms with Gasteiger partial charge in [-0.3, -0.25) is 29.2 Å². The number of carbonyl (C=O) groups is 2. The zero-order chi connectivity index (χ0) is 75.5. The Bertz CT molecular complexity index is 2980. The fourth-order valence-corrected chi connectivity index (χ4v) is 11.9. The SMILES string of the molecule is BrCc1ccccc1.C.C.C1CCOC1.CC#N.ClCCN(CCCl)Cc1ccccc1.ClCCN(Cl)CCCl.N#CC1(C#N)CCN(Cc2ccccc2)CC1.NCC1(CN)CCN(Cc2ccccc2)CC1.O=CO[O-].O=CO[O-].[AlH3].[C-]#[N+]CC#N.[H-].[H-].[H-].[K+].[K+].[K+].[K+].[Li+].c1ccc(CN2CCC3(CC2)CN=NC3)cc1. The van der Waals surface area contributed by atoms with Gasteiger partial charge in [-0.2, -0.15) is 31.3 Å². The molecule has 0 radical (unpaired) electrons. The van der Waals surface area contributed by atoms with Crippen molar-refractivity contribution in [2.45, 2.75) is 105 Å². The van der Waals surface area contributed by atoms with E-state index in [1.807, 2.05) is 42.5 Å². The number of rotatable bonds is 21. The minimum absolute atomic E-state index is 0. The molecule has 0 unspecified atom stereocenters. The number of halogens is 6. The van der Waals surface area contributed by atoms with Crippen LogP contribution in [0.25, 0.3) is 4.85 Å². The predicted molar refractivity (Wildman–Crippen MR) is 435 cm³/mol. The first-order chi connectivity index (χ1) is 49.7. The molecule has 0 atom stereocenters. The van der Waals surface area contributed by atoms with Crippen molar-refractivity contribution < 1.29 is 263 Å². The molecular weight excluding hydrogens is 1680 g/mol. The molecule has 0 aromatic heterocycles. The average molecular weight is 1800 g/mol. The van der Waals surface area contributed by atoms with Crippen molar-refractivity contribution in [2.24, 2.45) is 37.9 Å². The van der Waals surface area contributed by atoms with Crippen LogP contribution in [0, 0.1) is 68.1 Å². The van der Waals surface area contributed by atoms with Gasteiger partial charge in [0.05, 0.1) is 31.3 Å². The van der Waals surface area contributed by atoms with E-state index in [9.17, 15) is 0 Å². The first-order valence-electron chi connectivity index (χ1n) is 33.6.